The van der Waals surface area contributed by atoms with Crippen LogP contribution in [0.4, 0.5) is 0 Å². The van der Waals surface area contributed by atoms with Crippen molar-refractivity contribution >= 4 is 46.7 Å². The number of ketones is 1. The summed E-state index contributed by atoms with van der Waals surface area (Å²) in [5, 5.41) is 2.32. The molecule has 2 atom stereocenters. The quantitative estimate of drug-likeness (QED) is 0.186. The molecule has 8 heteroatoms. The van der Waals surface area contributed by atoms with Crippen LogP contribution in [0.5, 0.6) is 0 Å². The van der Waals surface area contributed by atoms with Gasteiger partial charge in [-0.05, 0) is 71.5 Å². The predicted molar refractivity (Wildman–Crippen MR) is 163 cm³/mol. The fraction of sp³-hybridized carbons (Fsp3) is 0.200. The molecule has 8 rings (SSSR count). The molecule has 4 aliphatic rings. The summed E-state index contributed by atoms with van der Waals surface area (Å²) in [6.07, 6.45) is 0. The smallest absolute Gasteiger partial charge is 0.273 e. The van der Waals surface area contributed by atoms with Gasteiger partial charge in [-0.3, -0.25) is 19.2 Å². The minimum atomic E-state index is -0.705. The Morgan fingerprint density at radius 2 is 1.19 bits per heavy atom. The van der Waals surface area contributed by atoms with E-state index >= 15 is 0 Å². The van der Waals surface area contributed by atoms with Crippen LogP contribution in [0.15, 0.2) is 84.9 Å². The van der Waals surface area contributed by atoms with Crippen LogP contribution >= 0.6 is 23.2 Å². The number of carbonyl (C=O) groups is 4. The topological polar surface area (TPSA) is 74.8 Å². The Morgan fingerprint density at radius 3 is 1.67 bits per heavy atom. The first-order valence-electron chi connectivity index (χ1n) is 14.1. The van der Waals surface area contributed by atoms with Crippen LogP contribution in [0.3, 0.4) is 0 Å². The molecule has 0 radical (unpaired) electrons. The summed E-state index contributed by atoms with van der Waals surface area (Å²) in [5.74, 6) is -4.18. The number of nitrogens with zero attached hydrogens (tertiary/aromatic N) is 2. The zero-order chi connectivity index (χ0) is 30.2. The lowest BCUT2D eigenvalue weighted by atomic mass is 9.55. The number of benzene rings is 4. The number of aryl methyl sites for hydroxylation is 2. The third-order valence-corrected chi connectivity index (χ3v) is 9.93. The molecule has 0 aromatic heterocycles. The number of carbonyl (C=O) groups excluding carboxylic acids is 4. The average Bonchev–Trinajstić information content (AvgIpc) is 3.28. The highest BCUT2D eigenvalue weighted by Gasteiger charge is 2.63. The Hall–Kier alpha value is -4.26. The highest BCUT2D eigenvalue weighted by molar-refractivity contribution is 6.42. The van der Waals surface area contributed by atoms with Crippen LogP contribution in [-0.2, 0) is 9.59 Å². The molecule has 1 saturated heterocycles. The average molecular weight is 610 g/mol. The van der Waals surface area contributed by atoms with Gasteiger partial charge in [0.15, 0.2) is 5.78 Å². The first-order valence-corrected chi connectivity index (χ1v) is 14.9. The normalized spacial score (nSPS) is 21.3. The van der Waals surface area contributed by atoms with Crippen LogP contribution in [0.1, 0.15) is 65.9 Å². The predicted octanol–water partition coefficient (Wildman–Crippen LogP) is 6.74. The Kier molecular flexibility index (Phi) is 6.53. The molecule has 214 valence electrons. The van der Waals surface area contributed by atoms with Gasteiger partial charge in [0.05, 0.1) is 21.9 Å². The van der Waals surface area contributed by atoms with Crippen LogP contribution in [-0.4, -0.2) is 40.1 Å². The molecule has 1 fully saturated rings. The molecule has 1 heterocycles. The van der Waals surface area contributed by atoms with Crippen LogP contribution in [0.25, 0.3) is 0 Å². The minimum Gasteiger partial charge on any atom is -0.292 e. The lowest BCUT2D eigenvalue weighted by Gasteiger charge is -2.45. The summed E-state index contributed by atoms with van der Waals surface area (Å²) in [6.45, 7) is 3.33. The second-order valence-corrected chi connectivity index (χ2v) is 12.3. The van der Waals surface area contributed by atoms with E-state index in [2.05, 4.69) is 0 Å². The van der Waals surface area contributed by atoms with Gasteiger partial charge >= 0.3 is 0 Å². The fourth-order valence-corrected chi connectivity index (χ4v) is 7.35. The number of Topliss-reactive ketones (excluding diaryl/α,β-unsaturated/α-hetero) is 1. The SMILES string of the molecule is Cc1ccc(C(=O)CN(C(=O)c2ccc(Cl)c(Cl)c2)N2C(=O)[C@@H]3C4c5ccccc5C(c5ccccc54)[C@H]3C2=O)cc1C. The van der Waals surface area contributed by atoms with Crippen molar-refractivity contribution in [2.75, 3.05) is 6.54 Å². The largest absolute Gasteiger partial charge is 0.292 e. The van der Waals surface area contributed by atoms with E-state index in [1.54, 1.807) is 12.1 Å². The standard InChI is InChI=1S/C35H26Cl2N2O4/c1-18-11-12-20(15-19(18)2)28(40)17-38(33(41)21-13-14-26(36)27(37)16-21)39-34(42)31-29-22-7-3-4-8-23(22)30(32(31)35(39)43)25-10-6-5-9-24(25)29/h3-16,29-32H,17H2,1-2H3/t29?,30?,31-,32-/m1/s1. The molecule has 0 saturated carbocycles. The number of amides is 3. The van der Waals surface area contributed by atoms with E-state index in [1.807, 2.05) is 68.4 Å². The zero-order valence-electron chi connectivity index (χ0n) is 23.4. The van der Waals surface area contributed by atoms with Crippen molar-refractivity contribution in [3.05, 3.63) is 139 Å². The molecule has 3 aliphatic carbocycles. The van der Waals surface area contributed by atoms with Crippen LogP contribution < -0.4 is 0 Å². The van der Waals surface area contributed by atoms with Gasteiger partial charge in [0.2, 0.25) is 0 Å². The highest BCUT2D eigenvalue weighted by atomic mass is 35.5. The van der Waals surface area contributed by atoms with Gasteiger partial charge in [-0.2, -0.15) is 5.01 Å². The Labute approximate surface area is 258 Å². The lowest BCUT2D eigenvalue weighted by molar-refractivity contribution is -0.154. The van der Waals surface area contributed by atoms with Crippen molar-refractivity contribution in [3.63, 3.8) is 0 Å². The Morgan fingerprint density at radius 1 is 0.674 bits per heavy atom. The third-order valence-electron chi connectivity index (χ3n) is 9.19. The summed E-state index contributed by atoms with van der Waals surface area (Å²) < 4.78 is 0. The van der Waals surface area contributed by atoms with Crippen molar-refractivity contribution in [1.82, 2.24) is 10.0 Å². The molecule has 43 heavy (non-hydrogen) atoms. The van der Waals surface area contributed by atoms with E-state index in [-0.39, 0.29) is 27.4 Å². The van der Waals surface area contributed by atoms with Gasteiger partial charge in [0, 0.05) is 23.0 Å². The van der Waals surface area contributed by atoms with Gasteiger partial charge in [-0.1, -0.05) is 83.9 Å². The van der Waals surface area contributed by atoms with Crippen molar-refractivity contribution in [2.24, 2.45) is 11.8 Å². The Bertz CT molecular complexity index is 1770. The number of hydrazine groups is 1. The molecule has 1 aliphatic heterocycles. The first kappa shape index (κ1) is 27.6. The van der Waals surface area contributed by atoms with E-state index in [4.69, 9.17) is 23.2 Å². The van der Waals surface area contributed by atoms with Gasteiger partial charge in [-0.15, -0.1) is 0 Å². The van der Waals surface area contributed by atoms with Crippen molar-refractivity contribution in [1.29, 1.82) is 0 Å². The second kappa shape index (κ2) is 10.2. The lowest BCUT2D eigenvalue weighted by Crippen LogP contribution is -2.52. The summed E-state index contributed by atoms with van der Waals surface area (Å²) in [4.78, 5) is 56.6. The monoisotopic (exact) mass is 608 g/mol. The summed E-state index contributed by atoms with van der Waals surface area (Å²) >= 11 is 12.4. The number of imide groups is 1. The summed E-state index contributed by atoms with van der Waals surface area (Å²) in [5.41, 5.74) is 6.49. The molecule has 6 nitrogen and oxygen atoms in total. The maximum Gasteiger partial charge on any atom is 0.273 e. The number of rotatable bonds is 5. The van der Waals surface area contributed by atoms with Crippen molar-refractivity contribution in [2.45, 2.75) is 25.7 Å². The van der Waals surface area contributed by atoms with E-state index in [9.17, 15) is 19.2 Å². The van der Waals surface area contributed by atoms with E-state index in [0.717, 1.165) is 43.4 Å². The van der Waals surface area contributed by atoms with Crippen molar-refractivity contribution in [3.8, 4) is 0 Å². The fourth-order valence-electron chi connectivity index (χ4n) is 7.05. The molecule has 4 aromatic carbocycles. The molecule has 3 amide bonds. The molecule has 2 bridgehead atoms. The molecule has 4 aromatic rings. The maximum absolute atomic E-state index is 14.4. The molecule has 0 spiro atoms. The second-order valence-electron chi connectivity index (χ2n) is 11.5. The van der Waals surface area contributed by atoms with Gasteiger partial charge < -0.3 is 0 Å². The maximum atomic E-state index is 14.4. The first-order chi connectivity index (χ1) is 20.7. The van der Waals surface area contributed by atoms with Crippen molar-refractivity contribution < 1.29 is 19.2 Å². The summed E-state index contributed by atoms with van der Waals surface area (Å²) in [7, 11) is 0. The van der Waals surface area contributed by atoms with Crippen LogP contribution in [0.2, 0.25) is 10.0 Å². The Balaban J connectivity index is 1.33. The molecule has 0 unspecified atom stereocenters. The van der Waals surface area contributed by atoms with Crippen LogP contribution in [0, 0.1) is 25.7 Å². The summed E-state index contributed by atoms with van der Waals surface area (Å²) in [6, 6.07) is 25.4. The minimum absolute atomic E-state index is 0.104. The number of hydrogen-bond acceptors (Lipinski definition) is 4. The van der Waals surface area contributed by atoms with E-state index < -0.39 is 41.9 Å². The number of hydrogen-bond donors (Lipinski definition) is 0. The number of halogens is 2. The van der Waals surface area contributed by atoms with Gasteiger partial charge in [0.1, 0.15) is 6.54 Å². The molecule has 0 N–H and O–H groups in total. The molecular weight excluding hydrogens is 583 g/mol. The zero-order valence-corrected chi connectivity index (χ0v) is 24.9. The third kappa shape index (κ3) is 4.15. The van der Waals surface area contributed by atoms with E-state index in [0.29, 0.717) is 5.56 Å². The molecular formula is C35H26Cl2N2O4. The van der Waals surface area contributed by atoms with Gasteiger partial charge in [0.25, 0.3) is 17.7 Å². The van der Waals surface area contributed by atoms with E-state index in [1.165, 1.54) is 18.2 Å². The highest BCUT2D eigenvalue weighted by Crippen LogP contribution is 2.61. The van der Waals surface area contributed by atoms with Gasteiger partial charge in [-0.25, -0.2) is 5.01 Å².